The molecule has 2 aliphatic heterocycles. The number of likely N-dealkylation sites (N-methyl/N-ethyl adjacent to an activating group) is 1. The Kier molecular flexibility index (Phi) is 8.84. The largest absolute Gasteiger partial charge is 0.622 e. The van der Waals surface area contributed by atoms with Crippen LogP contribution in [0.3, 0.4) is 0 Å². The fourth-order valence-electron chi connectivity index (χ4n) is 4.20. The minimum absolute atomic E-state index is 0.0928. The normalized spacial score (nSPS) is 21.8. The Morgan fingerprint density at radius 2 is 1.76 bits per heavy atom. The first kappa shape index (κ1) is 26.3. The highest BCUT2D eigenvalue weighted by atomic mass is 35.5. The second-order valence-corrected chi connectivity index (χ2v) is 9.82. The van der Waals surface area contributed by atoms with Crippen molar-refractivity contribution in [2.45, 2.75) is 57.6 Å². The van der Waals surface area contributed by atoms with Crippen LogP contribution in [0.1, 0.15) is 49.9 Å². The van der Waals surface area contributed by atoms with E-state index in [-0.39, 0.29) is 23.0 Å². The molecular formula is C22H28BCl2N3O6. The Balaban J connectivity index is 1.68. The molecule has 2 amide bonds. The second-order valence-electron chi connectivity index (χ2n) is 8.98. The van der Waals surface area contributed by atoms with Gasteiger partial charge in [-0.2, -0.15) is 0 Å². The number of rotatable bonds is 7. The molecule has 184 valence electrons. The van der Waals surface area contributed by atoms with E-state index in [1.54, 1.807) is 18.0 Å². The number of nitrogens with one attached hydrogen (secondary N) is 2. The van der Waals surface area contributed by atoms with Crippen LogP contribution in [0.2, 0.25) is 10.0 Å². The molecule has 0 aliphatic carbocycles. The summed E-state index contributed by atoms with van der Waals surface area (Å²) in [6.07, 6.45) is 2.28. The van der Waals surface area contributed by atoms with Crippen molar-refractivity contribution in [2.24, 2.45) is 5.92 Å². The van der Waals surface area contributed by atoms with Crippen molar-refractivity contribution in [1.29, 1.82) is 0 Å². The lowest BCUT2D eigenvalue weighted by molar-refractivity contribution is -0.157. The minimum atomic E-state index is -1.26. The molecular weight excluding hydrogens is 484 g/mol. The minimum Gasteiger partial charge on any atom is -0.497 e. The van der Waals surface area contributed by atoms with Crippen LogP contribution in [0.25, 0.3) is 0 Å². The molecule has 1 aromatic rings. The molecule has 0 saturated carbocycles. The van der Waals surface area contributed by atoms with Gasteiger partial charge in [-0.15, -0.1) is 0 Å². The van der Waals surface area contributed by atoms with E-state index in [2.05, 4.69) is 10.6 Å². The van der Waals surface area contributed by atoms with E-state index in [1.165, 1.54) is 12.1 Å². The molecule has 2 aliphatic rings. The first-order chi connectivity index (χ1) is 16.1. The number of carbonyl (C=O) groups is 4. The quantitative estimate of drug-likeness (QED) is 0.539. The summed E-state index contributed by atoms with van der Waals surface area (Å²) in [5.74, 6) is -2.77. The lowest BCUT2D eigenvalue weighted by Gasteiger charge is -2.40. The highest BCUT2D eigenvalue weighted by Crippen LogP contribution is 2.26. The smallest absolute Gasteiger partial charge is 0.497 e. The highest BCUT2D eigenvalue weighted by molar-refractivity contribution is 6.51. The summed E-state index contributed by atoms with van der Waals surface area (Å²) >= 11 is 12.0. The van der Waals surface area contributed by atoms with Gasteiger partial charge < -0.3 is 19.9 Å². The van der Waals surface area contributed by atoms with E-state index < -0.39 is 48.9 Å². The number of hydrogen-bond donors (Lipinski definition) is 2. The van der Waals surface area contributed by atoms with Gasteiger partial charge >= 0.3 is 19.1 Å². The van der Waals surface area contributed by atoms with Crippen molar-refractivity contribution in [3.05, 3.63) is 33.8 Å². The maximum atomic E-state index is 12.8. The molecule has 0 radical (unpaired) electrons. The van der Waals surface area contributed by atoms with Gasteiger partial charge in [-0.3, -0.25) is 24.1 Å². The summed E-state index contributed by atoms with van der Waals surface area (Å²) < 4.78 is 11.1. The van der Waals surface area contributed by atoms with E-state index in [4.69, 9.17) is 32.5 Å². The third kappa shape index (κ3) is 6.43. The molecule has 1 aromatic carbocycles. The fourth-order valence-corrected chi connectivity index (χ4v) is 4.58. The number of amides is 2. The van der Waals surface area contributed by atoms with E-state index in [9.17, 15) is 19.2 Å². The first-order valence-electron chi connectivity index (χ1n) is 11.2. The summed E-state index contributed by atoms with van der Waals surface area (Å²) in [6, 6.07) is 3.37. The zero-order chi connectivity index (χ0) is 25.0. The van der Waals surface area contributed by atoms with Crippen LogP contribution in [-0.2, 0) is 23.7 Å². The molecule has 2 fully saturated rings. The van der Waals surface area contributed by atoms with Crippen molar-refractivity contribution < 1.29 is 28.5 Å². The summed E-state index contributed by atoms with van der Waals surface area (Å²) in [5, 5.41) is 5.76. The van der Waals surface area contributed by atoms with Crippen LogP contribution < -0.4 is 10.6 Å². The van der Waals surface area contributed by atoms with Crippen LogP contribution in [0.15, 0.2) is 18.2 Å². The fraction of sp³-hybridized carbons (Fsp3) is 0.545. The molecule has 0 unspecified atom stereocenters. The van der Waals surface area contributed by atoms with Crippen molar-refractivity contribution >= 4 is 54.1 Å². The van der Waals surface area contributed by atoms with Crippen LogP contribution in [0, 0.1) is 5.92 Å². The Hall–Kier alpha value is -2.30. The third-order valence-electron chi connectivity index (χ3n) is 5.93. The number of fused-ring (bicyclic) bond motifs is 2. The molecule has 2 bridgehead atoms. The van der Waals surface area contributed by atoms with Gasteiger partial charge in [0.25, 0.3) is 5.91 Å². The van der Waals surface area contributed by atoms with Gasteiger partial charge in [0.1, 0.15) is 12.1 Å². The zero-order valence-electron chi connectivity index (χ0n) is 19.3. The number of carbonyl (C=O) groups excluding carboxylic acids is 4. The molecule has 0 aromatic heterocycles. The predicted molar refractivity (Wildman–Crippen MR) is 127 cm³/mol. The van der Waals surface area contributed by atoms with E-state index in [0.29, 0.717) is 24.3 Å². The number of halogens is 2. The highest BCUT2D eigenvalue weighted by Gasteiger charge is 2.47. The Morgan fingerprint density at radius 3 is 2.35 bits per heavy atom. The van der Waals surface area contributed by atoms with Gasteiger partial charge in [-0.25, -0.2) is 0 Å². The molecule has 2 heterocycles. The van der Waals surface area contributed by atoms with Crippen LogP contribution in [0.4, 0.5) is 0 Å². The lowest BCUT2D eigenvalue weighted by Crippen LogP contribution is -2.61. The van der Waals surface area contributed by atoms with E-state index in [1.807, 2.05) is 13.8 Å². The predicted octanol–water partition coefficient (Wildman–Crippen LogP) is 2.23. The van der Waals surface area contributed by atoms with Crippen molar-refractivity contribution in [1.82, 2.24) is 15.5 Å². The summed E-state index contributed by atoms with van der Waals surface area (Å²) in [7, 11) is 0.445. The van der Waals surface area contributed by atoms with Crippen LogP contribution in [0.5, 0.6) is 0 Å². The molecule has 3 rings (SSSR count). The summed E-state index contributed by atoms with van der Waals surface area (Å²) in [4.78, 5) is 52.3. The second kappa shape index (κ2) is 11.4. The van der Waals surface area contributed by atoms with E-state index >= 15 is 0 Å². The van der Waals surface area contributed by atoms with Gasteiger partial charge in [-0.1, -0.05) is 37.0 Å². The van der Waals surface area contributed by atoms with Gasteiger partial charge in [0.2, 0.25) is 5.91 Å². The molecule has 34 heavy (non-hydrogen) atoms. The maximum Gasteiger partial charge on any atom is 0.622 e. The monoisotopic (exact) mass is 511 g/mol. The van der Waals surface area contributed by atoms with Crippen LogP contribution in [-0.4, -0.2) is 67.4 Å². The molecule has 12 heteroatoms. The summed E-state index contributed by atoms with van der Waals surface area (Å²) in [6.45, 7) is 3.49. The average molecular weight is 512 g/mol. The van der Waals surface area contributed by atoms with Gasteiger partial charge in [-0.05, 0) is 56.8 Å². The topological polar surface area (TPSA) is 114 Å². The third-order valence-corrected chi connectivity index (χ3v) is 6.49. The number of piperidine rings is 1. The first-order valence-corrected chi connectivity index (χ1v) is 12.0. The lowest BCUT2D eigenvalue weighted by atomic mass is 9.73. The van der Waals surface area contributed by atoms with Crippen LogP contribution >= 0.6 is 23.2 Å². The Labute approximate surface area is 208 Å². The molecule has 3 atom stereocenters. The molecule has 2 saturated heterocycles. The molecule has 0 spiro atoms. The SMILES string of the molecule is CC(C)C[C@H](NC(=O)CNC(=O)c1cc(Cl)ccc1Cl)B1OC(=O)[C@H]2CCC[C@H](C(=O)O1)N2C. The number of benzene rings is 1. The van der Waals surface area contributed by atoms with Crippen molar-refractivity contribution in [3.63, 3.8) is 0 Å². The van der Waals surface area contributed by atoms with Crippen molar-refractivity contribution in [2.75, 3.05) is 13.6 Å². The summed E-state index contributed by atoms with van der Waals surface area (Å²) in [5.41, 5.74) is 0.138. The van der Waals surface area contributed by atoms with Gasteiger partial charge in [0, 0.05) is 5.02 Å². The van der Waals surface area contributed by atoms with Crippen molar-refractivity contribution in [3.8, 4) is 0 Å². The maximum absolute atomic E-state index is 12.8. The Morgan fingerprint density at radius 1 is 1.15 bits per heavy atom. The molecule has 9 nitrogen and oxygen atoms in total. The van der Waals surface area contributed by atoms with Gasteiger partial charge in [0.05, 0.1) is 23.1 Å². The van der Waals surface area contributed by atoms with E-state index in [0.717, 1.165) is 6.42 Å². The Bertz CT molecular complexity index is 937. The zero-order valence-corrected chi connectivity index (χ0v) is 20.8. The average Bonchev–Trinajstić information content (AvgIpc) is 2.77. The number of hydrogen-bond acceptors (Lipinski definition) is 7. The standard InChI is InChI=1S/C22H28BCl2N3O6/c1-12(2)9-18(23-33-21(31)16-5-4-6-17(28(16)3)22(32)34-23)27-19(29)11-26-20(30)14-10-13(24)7-8-15(14)25/h7-8,10,12,16-18H,4-6,9,11H2,1-3H3,(H,26,30)(H,27,29)/t16-,17-,18+/m1/s1. The molecule has 2 N–H and O–H groups in total. The number of nitrogens with zero attached hydrogens (tertiary/aromatic N) is 1. The van der Waals surface area contributed by atoms with Gasteiger partial charge in [0.15, 0.2) is 0 Å².